The Kier molecular flexibility index (Phi) is 5.88. The standard InChI is InChI=1S/C23H23N5O3/c1-14(2)16-8-10-17(11-9-16)22-26-21(31-27-22)13-12-20(29)25-19-7-5-4-6-18(19)23-24-15(3)30-28-23/h4-11,14H,12-13H2,1-3H3,(H,25,29). The van der Waals surface area contributed by atoms with E-state index in [9.17, 15) is 4.79 Å². The summed E-state index contributed by atoms with van der Waals surface area (Å²) < 4.78 is 10.4. The SMILES string of the molecule is Cc1nc(-c2ccccc2NC(=O)CCc2nc(-c3ccc(C(C)C)cc3)no2)no1. The van der Waals surface area contributed by atoms with Crippen molar-refractivity contribution >= 4 is 11.6 Å². The van der Waals surface area contributed by atoms with Crippen LogP contribution in [0, 0.1) is 6.92 Å². The first-order valence-electron chi connectivity index (χ1n) is 10.1. The highest BCUT2D eigenvalue weighted by Gasteiger charge is 2.15. The van der Waals surface area contributed by atoms with Crippen molar-refractivity contribution in [1.29, 1.82) is 0 Å². The van der Waals surface area contributed by atoms with Gasteiger partial charge in [-0.05, 0) is 23.6 Å². The first-order chi connectivity index (χ1) is 15.0. The molecule has 0 saturated heterocycles. The summed E-state index contributed by atoms with van der Waals surface area (Å²) in [6.45, 7) is 6.01. The van der Waals surface area contributed by atoms with Gasteiger partial charge in [0.2, 0.25) is 29.3 Å². The van der Waals surface area contributed by atoms with Gasteiger partial charge in [0.05, 0.1) is 5.69 Å². The minimum absolute atomic E-state index is 0.172. The van der Waals surface area contributed by atoms with Crippen molar-refractivity contribution < 1.29 is 13.8 Å². The van der Waals surface area contributed by atoms with E-state index < -0.39 is 0 Å². The number of anilines is 1. The van der Waals surface area contributed by atoms with E-state index in [2.05, 4.69) is 51.6 Å². The number of amides is 1. The van der Waals surface area contributed by atoms with Crippen LogP contribution in [0.1, 0.15) is 43.5 Å². The average molecular weight is 417 g/mol. The smallest absolute Gasteiger partial charge is 0.227 e. The molecule has 8 nitrogen and oxygen atoms in total. The van der Waals surface area contributed by atoms with Gasteiger partial charge in [-0.2, -0.15) is 9.97 Å². The maximum Gasteiger partial charge on any atom is 0.227 e. The van der Waals surface area contributed by atoms with Crippen LogP contribution in [0.25, 0.3) is 22.8 Å². The van der Waals surface area contributed by atoms with Crippen LogP contribution in [0.2, 0.25) is 0 Å². The Labute approximate surface area is 179 Å². The lowest BCUT2D eigenvalue weighted by atomic mass is 10.0. The number of aryl methyl sites for hydroxylation is 2. The van der Waals surface area contributed by atoms with Crippen LogP contribution in [-0.4, -0.2) is 26.2 Å². The molecule has 2 aromatic heterocycles. The quantitative estimate of drug-likeness (QED) is 0.461. The van der Waals surface area contributed by atoms with Crippen molar-refractivity contribution in [3.05, 3.63) is 65.9 Å². The number of nitrogens with one attached hydrogen (secondary N) is 1. The van der Waals surface area contributed by atoms with Gasteiger partial charge in [0.1, 0.15) is 0 Å². The maximum atomic E-state index is 12.5. The van der Waals surface area contributed by atoms with Gasteiger partial charge < -0.3 is 14.4 Å². The minimum atomic E-state index is -0.172. The zero-order chi connectivity index (χ0) is 21.8. The number of rotatable bonds is 7. The minimum Gasteiger partial charge on any atom is -0.339 e. The third-order valence-corrected chi connectivity index (χ3v) is 4.84. The van der Waals surface area contributed by atoms with Crippen molar-refractivity contribution in [3.63, 3.8) is 0 Å². The lowest BCUT2D eigenvalue weighted by Crippen LogP contribution is -2.13. The van der Waals surface area contributed by atoms with Gasteiger partial charge in [0.25, 0.3) is 0 Å². The Morgan fingerprint density at radius 2 is 1.71 bits per heavy atom. The number of benzene rings is 2. The molecule has 0 fully saturated rings. The second kappa shape index (κ2) is 8.91. The summed E-state index contributed by atoms with van der Waals surface area (Å²) in [5.41, 5.74) is 3.44. The molecule has 4 rings (SSSR count). The third kappa shape index (κ3) is 4.85. The highest BCUT2D eigenvalue weighted by atomic mass is 16.5. The molecule has 158 valence electrons. The normalized spacial score (nSPS) is 11.1. The molecular weight excluding hydrogens is 394 g/mol. The topological polar surface area (TPSA) is 107 Å². The Hall–Kier alpha value is -3.81. The molecule has 0 unspecified atom stereocenters. The van der Waals surface area contributed by atoms with E-state index in [0.717, 1.165) is 5.56 Å². The van der Waals surface area contributed by atoms with Gasteiger partial charge in [-0.25, -0.2) is 0 Å². The summed E-state index contributed by atoms with van der Waals surface area (Å²) in [4.78, 5) is 21.1. The fraction of sp³-hybridized carbons (Fsp3) is 0.261. The molecule has 0 radical (unpaired) electrons. The predicted octanol–water partition coefficient (Wildman–Crippen LogP) is 4.79. The molecule has 1 amide bonds. The maximum absolute atomic E-state index is 12.5. The first kappa shape index (κ1) is 20.5. The van der Waals surface area contributed by atoms with E-state index >= 15 is 0 Å². The predicted molar refractivity (Wildman–Crippen MR) is 115 cm³/mol. The average Bonchev–Trinajstić information content (AvgIpc) is 3.42. The molecule has 0 atom stereocenters. The molecule has 8 heteroatoms. The van der Waals surface area contributed by atoms with E-state index in [4.69, 9.17) is 9.05 Å². The molecule has 0 aliphatic carbocycles. The number of para-hydroxylation sites is 1. The summed E-state index contributed by atoms with van der Waals surface area (Å²) in [5, 5.41) is 10.9. The number of aromatic nitrogens is 4. The summed E-state index contributed by atoms with van der Waals surface area (Å²) in [6, 6.07) is 15.4. The van der Waals surface area contributed by atoms with Crippen LogP contribution in [0.15, 0.2) is 57.6 Å². The van der Waals surface area contributed by atoms with Gasteiger partial charge >= 0.3 is 0 Å². The molecule has 0 aliphatic heterocycles. The summed E-state index contributed by atoms with van der Waals surface area (Å²) in [6.07, 6.45) is 0.542. The zero-order valence-corrected chi connectivity index (χ0v) is 17.6. The van der Waals surface area contributed by atoms with Crippen LogP contribution in [0.4, 0.5) is 5.69 Å². The molecular formula is C23H23N5O3. The van der Waals surface area contributed by atoms with Gasteiger partial charge in [-0.3, -0.25) is 4.79 Å². The largest absolute Gasteiger partial charge is 0.339 e. The highest BCUT2D eigenvalue weighted by molar-refractivity contribution is 5.94. The molecule has 4 aromatic rings. The second-order valence-corrected chi connectivity index (χ2v) is 7.52. The Morgan fingerprint density at radius 1 is 0.968 bits per heavy atom. The van der Waals surface area contributed by atoms with Crippen LogP contribution < -0.4 is 5.32 Å². The lowest BCUT2D eigenvalue weighted by Gasteiger charge is -2.07. The van der Waals surface area contributed by atoms with Crippen molar-refractivity contribution in [1.82, 2.24) is 20.3 Å². The molecule has 0 bridgehead atoms. The summed E-state index contributed by atoms with van der Waals surface area (Å²) >= 11 is 0. The number of carbonyl (C=O) groups excluding carboxylic acids is 1. The van der Waals surface area contributed by atoms with Crippen molar-refractivity contribution in [2.75, 3.05) is 5.32 Å². The number of hydrogen-bond acceptors (Lipinski definition) is 7. The van der Waals surface area contributed by atoms with Crippen LogP contribution in [0.3, 0.4) is 0 Å². The van der Waals surface area contributed by atoms with E-state index in [1.807, 2.05) is 30.3 Å². The van der Waals surface area contributed by atoms with Crippen LogP contribution >= 0.6 is 0 Å². The number of hydrogen-bond donors (Lipinski definition) is 1. The zero-order valence-electron chi connectivity index (χ0n) is 17.6. The van der Waals surface area contributed by atoms with Gasteiger partial charge in [0, 0.05) is 30.9 Å². The van der Waals surface area contributed by atoms with Crippen molar-refractivity contribution in [3.8, 4) is 22.8 Å². The molecule has 31 heavy (non-hydrogen) atoms. The van der Waals surface area contributed by atoms with Crippen LogP contribution in [0.5, 0.6) is 0 Å². The molecule has 2 heterocycles. The third-order valence-electron chi connectivity index (χ3n) is 4.84. The monoisotopic (exact) mass is 417 g/mol. The van der Waals surface area contributed by atoms with Crippen LogP contribution in [-0.2, 0) is 11.2 Å². The summed E-state index contributed by atoms with van der Waals surface area (Å²) in [5.74, 6) is 2.11. The van der Waals surface area contributed by atoms with Crippen molar-refractivity contribution in [2.24, 2.45) is 0 Å². The van der Waals surface area contributed by atoms with Gasteiger partial charge in [-0.15, -0.1) is 0 Å². The lowest BCUT2D eigenvalue weighted by molar-refractivity contribution is -0.116. The van der Waals surface area contributed by atoms with E-state index in [0.29, 0.717) is 47.0 Å². The van der Waals surface area contributed by atoms with E-state index in [-0.39, 0.29) is 12.3 Å². The van der Waals surface area contributed by atoms with Gasteiger partial charge in [0.15, 0.2) is 0 Å². The number of nitrogens with zero attached hydrogens (tertiary/aromatic N) is 4. The molecule has 0 aliphatic rings. The van der Waals surface area contributed by atoms with Gasteiger partial charge in [-0.1, -0.05) is 60.6 Å². The summed E-state index contributed by atoms with van der Waals surface area (Å²) in [7, 11) is 0. The highest BCUT2D eigenvalue weighted by Crippen LogP contribution is 2.26. The molecule has 1 N–H and O–H groups in total. The first-order valence-corrected chi connectivity index (χ1v) is 10.1. The Bertz CT molecular complexity index is 1180. The van der Waals surface area contributed by atoms with Crippen molar-refractivity contribution in [2.45, 2.75) is 39.5 Å². The fourth-order valence-corrected chi connectivity index (χ4v) is 3.12. The van der Waals surface area contributed by atoms with E-state index in [1.54, 1.807) is 13.0 Å². The molecule has 0 spiro atoms. The Morgan fingerprint density at radius 3 is 2.42 bits per heavy atom. The number of carbonyl (C=O) groups is 1. The van der Waals surface area contributed by atoms with E-state index in [1.165, 1.54) is 5.56 Å². The second-order valence-electron chi connectivity index (χ2n) is 7.52. The molecule has 0 saturated carbocycles. The molecule has 2 aromatic carbocycles. The Balaban J connectivity index is 1.38. The fourth-order valence-electron chi connectivity index (χ4n) is 3.12.